The molecule has 0 fully saturated rings. The number of hydrogen-bond acceptors (Lipinski definition) is 3. The lowest BCUT2D eigenvalue weighted by Crippen LogP contribution is -2.06. The molecule has 3 nitrogen and oxygen atoms in total. The van der Waals surface area contributed by atoms with E-state index in [4.69, 9.17) is 9.47 Å². The summed E-state index contributed by atoms with van der Waals surface area (Å²) in [5.74, 6) is 1.07. The van der Waals surface area contributed by atoms with Gasteiger partial charge in [-0.25, -0.2) is 4.79 Å². The zero-order chi connectivity index (χ0) is 14.1. The van der Waals surface area contributed by atoms with Gasteiger partial charge in [0, 0.05) is 6.08 Å². The van der Waals surface area contributed by atoms with Crippen LogP contribution in [0.25, 0.3) is 0 Å². The first kappa shape index (κ1) is 15.3. The lowest BCUT2D eigenvalue weighted by molar-refractivity contribution is -0.137. The van der Waals surface area contributed by atoms with E-state index in [0.29, 0.717) is 25.6 Å². The molecule has 0 unspecified atom stereocenters. The molecule has 1 aromatic carbocycles. The number of para-hydroxylation sites is 1. The van der Waals surface area contributed by atoms with E-state index in [0.717, 1.165) is 11.3 Å². The van der Waals surface area contributed by atoms with Crippen molar-refractivity contribution in [1.29, 1.82) is 0 Å². The van der Waals surface area contributed by atoms with E-state index in [1.165, 1.54) is 6.08 Å². The fourth-order valence-electron chi connectivity index (χ4n) is 1.54. The van der Waals surface area contributed by atoms with Crippen molar-refractivity contribution < 1.29 is 14.3 Å². The summed E-state index contributed by atoms with van der Waals surface area (Å²) in [4.78, 5) is 11.2. The summed E-state index contributed by atoms with van der Waals surface area (Å²) in [6.07, 6.45) is 3.92. The fraction of sp³-hybridized carbons (Fsp3) is 0.438. The summed E-state index contributed by atoms with van der Waals surface area (Å²) in [7, 11) is 0. The highest BCUT2D eigenvalue weighted by molar-refractivity contribution is 5.81. The molecule has 0 amide bonds. The summed E-state index contributed by atoms with van der Waals surface area (Å²) < 4.78 is 10.6. The molecule has 0 bridgehead atoms. The highest BCUT2D eigenvalue weighted by Gasteiger charge is 2.03. The molecule has 0 saturated carbocycles. The van der Waals surface area contributed by atoms with Gasteiger partial charge in [-0.15, -0.1) is 0 Å². The Balaban J connectivity index is 2.59. The van der Waals surface area contributed by atoms with Gasteiger partial charge in [0.15, 0.2) is 0 Å². The van der Waals surface area contributed by atoms with Crippen LogP contribution in [0.5, 0.6) is 5.75 Å². The summed E-state index contributed by atoms with van der Waals surface area (Å²) in [5.41, 5.74) is 1.07. The van der Waals surface area contributed by atoms with E-state index >= 15 is 0 Å². The van der Waals surface area contributed by atoms with Gasteiger partial charge in [-0.1, -0.05) is 38.1 Å². The van der Waals surface area contributed by atoms with Gasteiger partial charge in [0.1, 0.15) is 5.75 Å². The van der Waals surface area contributed by atoms with Crippen LogP contribution in [0.2, 0.25) is 0 Å². The minimum atomic E-state index is -0.303. The molecule has 1 aromatic rings. The first-order chi connectivity index (χ1) is 9.13. The largest absolute Gasteiger partial charge is 0.493 e. The lowest BCUT2D eigenvalue weighted by Gasteiger charge is -2.11. The number of rotatable bonds is 7. The first-order valence-electron chi connectivity index (χ1n) is 6.67. The molecule has 0 saturated heterocycles. The molecule has 104 valence electrons. The minimum absolute atomic E-state index is 0.303. The Labute approximate surface area is 115 Å². The maximum atomic E-state index is 11.2. The van der Waals surface area contributed by atoms with Crippen LogP contribution in [-0.2, 0) is 16.0 Å². The van der Waals surface area contributed by atoms with Gasteiger partial charge >= 0.3 is 5.97 Å². The second-order valence-corrected chi connectivity index (χ2v) is 4.67. The van der Waals surface area contributed by atoms with Gasteiger partial charge in [-0.2, -0.15) is 0 Å². The van der Waals surface area contributed by atoms with E-state index in [9.17, 15) is 4.79 Å². The van der Waals surface area contributed by atoms with Gasteiger partial charge in [0.25, 0.3) is 0 Å². The standard InChI is InChI=1S/C16H22O3/c1-4-18-16(17)11-7-9-14-8-5-6-10-15(14)19-12-13(2)3/h5-8,10-11,13H,4,9,12H2,1-3H3. The Morgan fingerprint density at radius 1 is 1.32 bits per heavy atom. The predicted octanol–water partition coefficient (Wildman–Crippen LogP) is 3.38. The number of ether oxygens (including phenoxy) is 2. The smallest absolute Gasteiger partial charge is 0.330 e. The summed E-state index contributed by atoms with van der Waals surface area (Å²) in [6, 6.07) is 7.88. The number of hydrogen-bond donors (Lipinski definition) is 0. The quantitative estimate of drug-likeness (QED) is 0.558. The number of carbonyl (C=O) groups excluding carboxylic acids is 1. The van der Waals surface area contributed by atoms with E-state index in [-0.39, 0.29) is 5.97 Å². The second kappa shape index (κ2) is 8.35. The number of benzene rings is 1. The molecule has 0 aliphatic carbocycles. The van der Waals surface area contributed by atoms with E-state index < -0.39 is 0 Å². The molecule has 0 atom stereocenters. The predicted molar refractivity (Wildman–Crippen MR) is 76.3 cm³/mol. The average Bonchev–Trinajstić information content (AvgIpc) is 2.38. The van der Waals surface area contributed by atoms with Crippen LogP contribution >= 0.6 is 0 Å². The molecule has 0 aliphatic rings. The lowest BCUT2D eigenvalue weighted by atomic mass is 10.1. The molecule has 0 heterocycles. The molecule has 0 aliphatic heterocycles. The van der Waals surface area contributed by atoms with Crippen molar-refractivity contribution in [3.05, 3.63) is 42.0 Å². The topological polar surface area (TPSA) is 35.5 Å². The monoisotopic (exact) mass is 262 g/mol. The third-order valence-electron chi connectivity index (χ3n) is 2.42. The molecule has 19 heavy (non-hydrogen) atoms. The number of esters is 1. The Bertz CT molecular complexity index is 422. The van der Waals surface area contributed by atoms with Gasteiger partial charge in [-0.3, -0.25) is 0 Å². The third kappa shape index (κ3) is 6.09. The van der Waals surface area contributed by atoms with Gasteiger partial charge in [-0.05, 0) is 30.9 Å². The second-order valence-electron chi connectivity index (χ2n) is 4.67. The van der Waals surface area contributed by atoms with Crippen LogP contribution in [0, 0.1) is 5.92 Å². The number of carbonyl (C=O) groups is 1. The van der Waals surface area contributed by atoms with Crippen molar-refractivity contribution in [2.75, 3.05) is 13.2 Å². The highest BCUT2D eigenvalue weighted by atomic mass is 16.5. The molecular weight excluding hydrogens is 240 g/mol. The zero-order valence-corrected chi connectivity index (χ0v) is 11.9. The molecule has 0 spiro atoms. The Kier molecular flexibility index (Phi) is 6.72. The molecule has 0 radical (unpaired) electrons. The van der Waals surface area contributed by atoms with Crippen LogP contribution in [0.15, 0.2) is 36.4 Å². The minimum Gasteiger partial charge on any atom is -0.493 e. The normalized spacial score (nSPS) is 10.9. The molecule has 0 N–H and O–H groups in total. The highest BCUT2D eigenvalue weighted by Crippen LogP contribution is 2.19. The molecule has 3 heteroatoms. The first-order valence-corrected chi connectivity index (χ1v) is 6.67. The van der Waals surface area contributed by atoms with Crippen LogP contribution in [0.1, 0.15) is 26.3 Å². The van der Waals surface area contributed by atoms with E-state index in [1.807, 2.05) is 24.3 Å². The van der Waals surface area contributed by atoms with E-state index in [2.05, 4.69) is 13.8 Å². The SMILES string of the molecule is CCOC(=O)C=CCc1ccccc1OCC(C)C. The summed E-state index contributed by atoms with van der Waals surface area (Å²) >= 11 is 0. The zero-order valence-electron chi connectivity index (χ0n) is 11.9. The Morgan fingerprint density at radius 3 is 2.74 bits per heavy atom. The van der Waals surface area contributed by atoms with Gasteiger partial charge < -0.3 is 9.47 Å². The number of allylic oxidation sites excluding steroid dienone is 1. The van der Waals surface area contributed by atoms with Crippen LogP contribution in [-0.4, -0.2) is 19.2 Å². The van der Waals surface area contributed by atoms with E-state index in [1.54, 1.807) is 13.0 Å². The van der Waals surface area contributed by atoms with Crippen molar-refractivity contribution in [3.63, 3.8) is 0 Å². The Hall–Kier alpha value is -1.77. The maximum absolute atomic E-state index is 11.2. The van der Waals surface area contributed by atoms with Crippen LogP contribution < -0.4 is 4.74 Å². The van der Waals surface area contributed by atoms with Crippen molar-refractivity contribution in [2.45, 2.75) is 27.2 Å². The van der Waals surface area contributed by atoms with Gasteiger partial charge in [0.05, 0.1) is 13.2 Å². The van der Waals surface area contributed by atoms with Crippen molar-refractivity contribution >= 4 is 5.97 Å². The maximum Gasteiger partial charge on any atom is 0.330 e. The Morgan fingerprint density at radius 2 is 2.05 bits per heavy atom. The van der Waals surface area contributed by atoms with Crippen molar-refractivity contribution in [3.8, 4) is 5.75 Å². The van der Waals surface area contributed by atoms with Crippen LogP contribution in [0.4, 0.5) is 0 Å². The van der Waals surface area contributed by atoms with Crippen LogP contribution in [0.3, 0.4) is 0 Å². The average molecular weight is 262 g/mol. The summed E-state index contributed by atoms with van der Waals surface area (Å²) in [5, 5.41) is 0. The third-order valence-corrected chi connectivity index (χ3v) is 2.42. The fourth-order valence-corrected chi connectivity index (χ4v) is 1.54. The van der Waals surface area contributed by atoms with Gasteiger partial charge in [0.2, 0.25) is 0 Å². The van der Waals surface area contributed by atoms with Crippen molar-refractivity contribution in [1.82, 2.24) is 0 Å². The molecular formula is C16H22O3. The molecule has 1 rings (SSSR count). The molecule has 0 aromatic heterocycles. The van der Waals surface area contributed by atoms with Crippen molar-refractivity contribution in [2.24, 2.45) is 5.92 Å². The summed E-state index contributed by atoms with van der Waals surface area (Å²) in [6.45, 7) is 7.11.